The summed E-state index contributed by atoms with van der Waals surface area (Å²) in [5, 5.41) is 21.9. The smallest absolute Gasteiger partial charge is 0.334 e. The minimum Gasteiger partial charge on any atom is -0.480 e. The third-order valence-corrected chi connectivity index (χ3v) is 5.88. The number of carbonyl (C=O) groups is 3. The van der Waals surface area contributed by atoms with Crippen molar-refractivity contribution in [1.82, 2.24) is 0 Å². The Morgan fingerprint density at radius 1 is 1.36 bits per heavy atom. The maximum Gasteiger partial charge on any atom is 0.334 e. The highest BCUT2D eigenvalue weighted by molar-refractivity contribution is 6.00. The Kier molecular flexibility index (Phi) is 4.97. The van der Waals surface area contributed by atoms with Gasteiger partial charge >= 0.3 is 11.9 Å². The zero-order valence-corrected chi connectivity index (χ0v) is 16.2. The van der Waals surface area contributed by atoms with Crippen LogP contribution in [-0.2, 0) is 28.6 Å². The molecule has 152 valence electrons. The molecule has 3 aliphatic heterocycles. The van der Waals surface area contributed by atoms with Crippen molar-refractivity contribution < 1.29 is 38.8 Å². The van der Waals surface area contributed by atoms with Crippen molar-refractivity contribution in [3.8, 4) is 0 Å². The predicted octanol–water partition coefficient (Wildman–Crippen LogP) is 0.576. The fourth-order valence-corrected chi connectivity index (χ4v) is 3.74. The summed E-state index contributed by atoms with van der Waals surface area (Å²) in [7, 11) is 0. The molecule has 7 atom stereocenters. The number of esters is 2. The van der Waals surface area contributed by atoms with Crippen LogP contribution >= 0.6 is 0 Å². The van der Waals surface area contributed by atoms with Crippen molar-refractivity contribution in [3.63, 3.8) is 0 Å². The quantitative estimate of drug-likeness (QED) is 0.517. The molecule has 2 N–H and O–H groups in total. The molecule has 0 aromatic heterocycles. The Bertz CT molecular complexity index is 809. The molecule has 0 saturated carbocycles. The van der Waals surface area contributed by atoms with Crippen LogP contribution in [0.4, 0.5) is 0 Å². The van der Waals surface area contributed by atoms with E-state index in [2.05, 4.69) is 6.58 Å². The fraction of sp³-hybridized carbons (Fsp3) is 0.550. The largest absolute Gasteiger partial charge is 0.480 e. The van der Waals surface area contributed by atoms with Crippen LogP contribution in [0.3, 0.4) is 0 Å². The van der Waals surface area contributed by atoms with Crippen molar-refractivity contribution in [3.05, 3.63) is 35.6 Å². The van der Waals surface area contributed by atoms with Gasteiger partial charge in [0.15, 0.2) is 5.60 Å². The second-order valence-electron chi connectivity index (χ2n) is 7.61. The number of hydrogen-bond donors (Lipinski definition) is 2. The first-order valence-corrected chi connectivity index (χ1v) is 9.07. The van der Waals surface area contributed by atoms with Crippen LogP contribution in [0.25, 0.3) is 0 Å². The van der Waals surface area contributed by atoms with E-state index in [1.807, 2.05) is 0 Å². The Morgan fingerprint density at radius 2 is 2.00 bits per heavy atom. The van der Waals surface area contributed by atoms with E-state index in [1.165, 1.54) is 26.0 Å². The molecule has 3 heterocycles. The van der Waals surface area contributed by atoms with Crippen molar-refractivity contribution in [2.24, 2.45) is 11.8 Å². The molecule has 0 unspecified atom stereocenters. The monoisotopic (exact) mass is 392 g/mol. The van der Waals surface area contributed by atoms with Crippen LogP contribution in [0.1, 0.15) is 27.7 Å². The first-order valence-electron chi connectivity index (χ1n) is 9.07. The van der Waals surface area contributed by atoms with Crippen molar-refractivity contribution in [1.29, 1.82) is 0 Å². The number of hydrogen-bond acceptors (Lipinski definition) is 8. The van der Waals surface area contributed by atoms with Gasteiger partial charge in [0.05, 0.1) is 5.92 Å². The lowest BCUT2D eigenvalue weighted by Crippen LogP contribution is -2.56. The van der Waals surface area contributed by atoms with Gasteiger partial charge in [0, 0.05) is 23.1 Å². The number of fused-ring (bicyclic) bond motifs is 3. The SMILES string of the molecule is C=C1C(=O)O[C@H]2[C@@H](O)[C@@H](C)C3=CC(=O)[C@](C)(O3)[C@H](O)[C@@H](OC(=O)/C(C)=C\C)[C@@H]12. The summed E-state index contributed by atoms with van der Waals surface area (Å²) in [5.41, 5.74) is -1.51. The molecule has 8 nitrogen and oxygen atoms in total. The van der Waals surface area contributed by atoms with Gasteiger partial charge < -0.3 is 24.4 Å². The summed E-state index contributed by atoms with van der Waals surface area (Å²) >= 11 is 0. The van der Waals surface area contributed by atoms with Gasteiger partial charge in [0.25, 0.3) is 0 Å². The van der Waals surface area contributed by atoms with Gasteiger partial charge in [0.2, 0.25) is 5.78 Å². The molecule has 0 amide bonds. The van der Waals surface area contributed by atoms with Gasteiger partial charge in [-0.05, 0) is 20.8 Å². The highest BCUT2D eigenvalue weighted by atomic mass is 16.6. The molecule has 28 heavy (non-hydrogen) atoms. The number of aliphatic hydroxyl groups excluding tert-OH is 2. The lowest BCUT2D eigenvalue weighted by Gasteiger charge is -2.36. The summed E-state index contributed by atoms with van der Waals surface area (Å²) in [5.74, 6) is -3.58. The van der Waals surface area contributed by atoms with Crippen LogP contribution < -0.4 is 0 Å². The Hall–Kier alpha value is -2.45. The Balaban J connectivity index is 2.13. The number of ether oxygens (including phenoxy) is 3. The van der Waals surface area contributed by atoms with E-state index in [9.17, 15) is 24.6 Å². The zero-order valence-electron chi connectivity index (χ0n) is 16.2. The first kappa shape index (κ1) is 20.3. The molecule has 0 aromatic rings. The second kappa shape index (κ2) is 6.86. The van der Waals surface area contributed by atoms with Crippen molar-refractivity contribution in [2.75, 3.05) is 0 Å². The topological polar surface area (TPSA) is 119 Å². The highest BCUT2D eigenvalue weighted by Gasteiger charge is 2.60. The molecule has 0 spiro atoms. The van der Waals surface area contributed by atoms with E-state index < -0.39 is 59.6 Å². The molecule has 8 heteroatoms. The Morgan fingerprint density at radius 3 is 2.61 bits per heavy atom. The zero-order chi connectivity index (χ0) is 21.0. The average molecular weight is 392 g/mol. The van der Waals surface area contributed by atoms with Gasteiger partial charge in [-0.15, -0.1) is 0 Å². The second-order valence-corrected chi connectivity index (χ2v) is 7.61. The maximum absolute atomic E-state index is 12.6. The van der Waals surface area contributed by atoms with Gasteiger partial charge in [-0.3, -0.25) is 4.79 Å². The van der Waals surface area contributed by atoms with Crippen molar-refractivity contribution in [2.45, 2.75) is 57.7 Å². The Labute approximate surface area is 162 Å². The third-order valence-electron chi connectivity index (χ3n) is 5.88. The van der Waals surface area contributed by atoms with E-state index in [0.717, 1.165) is 0 Å². The van der Waals surface area contributed by atoms with Gasteiger partial charge in [-0.1, -0.05) is 19.6 Å². The van der Waals surface area contributed by atoms with Crippen LogP contribution in [0.15, 0.2) is 35.6 Å². The molecular weight excluding hydrogens is 368 g/mol. The van der Waals surface area contributed by atoms with E-state index in [4.69, 9.17) is 14.2 Å². The van der Waals surface area contributed by atoms with Crippen LogP contribution in [-0.4, -0.2) is 58.0 Å². The number of ketones is 1. The normalized spacial score (nSPS) is 40.6. The van der Waals surface area contributed by atoms with Crippen LogP contribution in [0.2, 0.25) is 0 Å². The molecule has 3 aliphatic rings. The average Bonchev–Trinajstić information content (AvgIpc) is 3.14. The highest BCUT2D eigenvalue weighted by Crippen LogP contribution is 2.44. The number of carbonyl (C=O) groups excluding carboxylic acids is 3. The van der Waals surface area contributed by atoms with E-state index in [1.54, 1.807) is 13.8 Å². The van der Waals surface area contributed by atoms with E-state index >= 15 is 0 Å². The lowest BCUT2D eigenvalue weighted by atomic mass is 9.78. The first-order chi connectivity index (χ1) is 13.0. The minimum absolute atomic E-state index is 0.0472. The van der Waals surface area contributed by atoms with E-state index in [-0.39, 0.29) is 16.9 Å². The minimum atomic E-state index is -1.74. The third kappa shape index (κ3) is 2.87. The van der Waals surface area contributed by atoms with Crippen LogP contribution in [0, 0.1) is 11.8 Å². The molecular formula is C20H24O8. The fourth-order valence-electron chi connectivity index (χ4n) is 3.74. The standard InChI is InChI=1S/C20H24O8/c1-6-8(2)18(24)27-16-13-10(4)19(25)26-15(13)14(22)9(3)11-7-12(21)20(5,28-11)17(16)23/h6-7,9,13-17,22-23H,4H2,1-3,5H3/b8-6-/t9-,13-,14-,15+,16-,17+,20-/m0/s1. The van der Waals surface area contributed by atoms with Crippen molar-refractivity contribution >= 4 is 17.7 Å². The lowest BCUT2D eigenvalue weighted by molar-refractivity contribution is -0.177. The van der Waals surface area contributed by atoms with Gasteiger partial charge in [-0.25, -0.2) is 9.59 Å². The summed E-state index contributed by atoms with van der Waals surface area (Å²) in [4.78, 5) is 37.2. The summed E-state index contributed by atoms with van der Waals surface area (Å²) in [6.45, 7) is 9.87. The van der Waals surface area contributed by atoms with Gasteiger partial charge in [0.1, 0.15) is 30.2 Å². The van der Waals surface area contributed by atoms with Gasteiger partial charge in [-0.2, -0.15) is 0 Å². The summed E-state index contributed by atoms with van der Waals surface area (Å²) < 4.78 is 16.5. The number of aliphatic hydroxyl groups is 2. The summed E-state index contributed by atoms with van der Waals surface area (Å²) in [6, 6.07) is 0. The van der Waals surface area contributed by atoms with Crippen LogP contribution in [0.5, 0.6) is 0 Å². The molecule has 2 bridgehead atoms. The number of allylic oxidation sites excluding steroid dienone is 1. The molecule has 0 aliphatic carbocycles. The maximum atomic E-state index is 12.6. The summed E-state index contributed by atoms with van der Waals surface area (Å²) in [6.07, 6.45) is -2.66. The predicted molar refractivity (Wildman–Crippen MR) is 95.6 cm³/mol. The molecule has 3 rings (SSSR count). The number of rotatable bonds is 2. The molecule has 0 aromatic carbocycles. The molecule has 2 saturated heterocycles. The molecule has 2 fully saturated rings. The van der Waals surface area contributed by atoms with E-state index in [0.29, 0.717) is 0 Å². The molecule has 0 radical (unpaired) electrons.